The molecule has 1 aromatic carbocycles. The topological polar surface area (TPSA) is 43.8 Å². The average molecular weight is 231 g/mol. The molecule has 2 aromatic rings. The number of imidazole rings is 1. The summed E-state index contributed by atoms with van der Waals surface area (Å²) < 4.78 is 2.17. The van der Waals surface area contributed by atoms with Gasteiger partial charge < -0.3 is 10.3 Å². The van der Waals surface area contributed by atoms with Crippen molar-refractivity contribution in [2.75, 3.05) is 5.73 Å². The van der Waals surface area contributed by atoms with Crippen LogP contribution in [0.5, 0.6) is 0 Å². The second-order valence-corrected chi connectivity index (χ2v) is 4.71. The highest BCUT2D eigenvalue weighted by molar-refractivity contribution is 5.81. The van der Waals surface area contributed by atoms with E-state index in [1.807, 2.05) is 12.1 Å². The Balaban J connectivity index is 2.48. The van der Waals surface area contributed by atoms with Crippen LogP contribution in [0.2, 0.25) is 0 Å². The first kappa shape index (κ1) is 12.0. The Labute approximate surface area is 103 Å². The van der Waals surface area contributed by atoms with E-state index in [-0.39, 0.29) is 0 Å². The summed E-state index contributed by atoms with van der Waals surface area (Å²) in [6.07, 6.45) is 2.36. The second-order valence-electron chi connectivity index (χ2n) is 4.71. The molecule has 0 bridgehead atoms. The molecule has 0 fully saturated rings. The summed E-state index contributed by atoms with van der Waals surface area (Å²) >= 11 is 0. The van der Waals surface area contributed by atoms with Crippen LogP contribution in [0.4, 0.5) is 5.95 Å². The lowest BCUT2D eigenvalue weighted by Gasteiger charge is -2.15. The number of nitrogen functional groups attached to an aromatic ring is 1. The minimum Gasteiger partial charge on any atom is -0.369 e. The van der Waals surface area contributed by atoms with Gasteiger partial charge in [-0.15, -0.1) is 0 Å². The van der Waals surface area contributed by atoms with E-state index in [1.165, 1.54) is 23.9 Å². The number of anilines is 1. The van der Waals surface area contributed by atoms with Crippen molar-refractivity contribution in [2.45, 2.75) is 40.2 Å². The highest BCUT2D eigenvalue weighted by atomic mass is 15.2. The van der Waals surface area contributed by atoms with Crippen LogP contribution in [0.1, 0.15) is 32.3 Å². The quantitative estimate of drug-likeness (QED) is 0.876. The summed E-state index contributed by atoms with van der Waals surface area (Å²) in [4.78, 5) is 4.44. The number of hydrogen-bond donors (Lipinski definition) is 1. The summed E-state index contributed by atoms with van der Waals surface area (Å²) in [5.41, 5.74) is 9.48. The highest BCUT2D eigenvalue weighted by Gasteiger charge is 2.13. The standard InChI is InChI=1S/C14H21N3/c1-4-11(5-2)9-17-13-10(3)7-6-8-12(13)16-14(17)15/h6-8,11H,4-5,9H2,1-3H3,(H2,15,16). The molecule has 0 aliphatic carbocycles. The van der Waals surface area contributed by atoms with Crippen molar-refractivity contribution in [3.63, 3.8) is 0 Å². The third-order valence-electron chi connectivity index (χ3n) is 3.59. The molecule has 2 rings (SSSR count). The molecular formula is C14H21N3. The van der Waals surface area contributed by atoms with Gasteiger partial charge >= 0.3 is 0 Å². The van der Waals surface area contributed by atoms with Gasteiger partial charge in [0.1, 0.15) is 0 Å². The summed E-state index contributed by atoms with van der Waals surface area (Å²) in [7, 11) is 0. The van der Waals surface area contributed by atoms with Gasteiger partial charge in [-0.2, -0.15) is 0 Å². The van der Waals surface area contributed by atoms with Crippen LogP contribution in [0.15, 0.2) is 18.2 Å². The minimum atomic E-state index is 0.640. The molecular weight excluding hydrogens is 210 g/mol. The molecule has 0 aliphatic heterocycles. The largest absolute Gasteiger partial charge is 0.369 e. The average Bonchev–Trinajstić information content (AvgIpc) is 2.63. The Hall–Kier alpha value is -1.51. The molecule has 0 radical (unpaired) electrons. The van der Waals surface area contributed by atoms with E-state index < -0.39 is 0 Å². The van der Waals surface area contributed by atoms with Gasteiger partial charge in [0, 0.05) is 6.54 Å². The SMILES string of the molecule is CCC(CC)Cn1c(N)nc2cccc(C)c21. The van der Waals surface area contributed by atoms with Crippen LogP contribution in [-0.2, 0) is 6.54 Å². The molecule has 0 atom stereocenters. The molecule has 3 heteroatoms. The van der Waals surface area contributed by atoms with Gasteiger partial charge in [-0.1, -0.05) is 38.8 Å². The first-order valence-corrected chi connectivity index (χ1v) is 6.38. The highest BCUT2D eigenvalue weighted by Crippen LogP contribution is 2.24. The van der Waals surface area contributed by atoms with Gasteiger partial charge in [0.25, 0.3) is 0 Å². The number of hydrogen-bond acceptors (Lipinski definition) is 2. The van der Waals surface area contributed by atoms with Crippen LogP contribution in [0.3, 0.4) is 0 Å². The molecule has 0 spiro atoms. The van der Waals surface area contributed by atoms with Gasteiger partial charge in [0.05, 0.1) is 11.0 Å². The number of nitrogens with zero attached hydrogens (tertiary/aromatic N) is 2. The molecule has 3 nitrogen and oxygen atoms in total. The zero-order valence-corrected chi connectivity index (χ0v) is 10.9. The first-order chi connectivity index (χ1) is 8.17. The molecule has 17 heavy (non-hydrogen) atoms. The van der Waals surface area contributed by atoms with Crippen molar-refractivity contribution in [1.29, 1.82) is 0 Å². The van der Waals surface area contributed by atoms with Crippen LogP contribution in [0, 0.1) is 12.8 Å². The van der Waals surface area contributed by atoms with Crippen molar-refractivity contribution in [2.24, 2.45) is 5.92 Å². The fraction of sp³-hybridized carbons (Fsp3) is 0.500. The Morgan fingerprint density at radius 3 is 2.65 bits per heavy atom. The van der Waals surface area contributed by atoms with Gasteiger partial charge in [-0.05, 0) is 24.5 Å². The normalized spacial score (nSPS) is 11.5. The minimum absolute atomic E-state index is 0.640. The number of benzene rings is 1. The van der Waals surface area contributed by atoms with E-state index in [4.69, 9.17) is 5.73 Å². The predicted molar refractivity (Wildman–Crippen MR) is 73.0 cm³/mol. The predicted octanol–water partition coefficient (Wildman–Crippen LogP) is 3.36. The maximum Gasteiger partial charge on any atom is 0.201 e. The number of aromatic nitrogens is 2. The van der Waals surface area contributed by atoms with E-state index in [2.05, 4.69) is 36.4 Å². The van der Waals surface area contributed by atoms with E-state index in [1.54, 1.807) is 0 Å². The number of rotatable bonds is 4. The van der Waals surface area contributed by atoms with Crippen LogP contribution in [0.25, 0.3) is 11.0 Å². The first-order valence-electron chi connectivity index (χ1n) is 6.38. The number of para-hydroxylation sites is 1. The summed E-state index contributed by atoms with van der Waals surface area (Å²) in [6, 6.07) is 6.18. The Morgan fingerprint density at radius 2 is 2.00 bits per heavy atom. The van der Waals surface area contributed by atoms with E-state index >= 15 is 0 Å². The maximum atomic E-state index is 6.03. The fourth-order valence-electron chi connectivity index (χ4n) is 2.37. The van der Waals surface area contributed by atoms with Crippen LogP contribution < -0.4 is 5.73 Å². The Kier molecular flexibility index (Phi) is 3.36. The van der Waals surface area contributed by atoms with Crippen LogP contribution >= 0.6 is 0 Å². The Morgan fingerprint density at radius 1 is 1.29 bits per heavy atom. The number of nitrogens with two attached hydrogens (primary N) is 1. The third-order valence-corrected chi connectivity index (χ3v) is 3.59. The molecule has 2 N–H and O–H groups in total. The molecule has 1 aromatic heterocycles. The Bertz CT molecular complexity index is 509. The van der Waals surface area contributed by atoms with E-state index in [9.17, 15) is 0 Å². The number of fused-ring (bicyclic) bond motifs is 1. The fourth-order valence-corrected chi connectivity index (χ4v) is 2.37. The summed E-state index contributed by atoms with van der Waals surface area (Å²) in [6.45, 7) is 7.56. The van der Waals surface area contributed by atoms with E-state index in [0.29, 0.717) is 11.9 Å². The third kappa shape index (κ3) is 2.14. The lowest BCUT2D eigenvalue weighted by atomic mass is 10.0. The smallest absolute Gasteiger partial charge is 0.201 e. The molecule has 0 aliphatic rings. The van der Waals surface area contributed by atoms with Gasteiger partial charge in [0.15, 0.2) is 0 Å². The molecule has 1 heterocycles. The van der Waals surface area contributed by atoms with Gasteiger partial charge in [-0.3, -0.25) is 0 Å². The molecule has 0 amide bonds. The lowest BCUT2D eigenvalue weighted by molar-refractivity contribution is 0.427. The van der Waals surface area contributed by atoms with Crippen molar-refractivity contribution in [3.8, 4) is 0 Å². The molecule has 92 valence electrons. The zero-order chi connectivity index (χ0) is 12.4. The van der Waals surface area contributed by atoms with E-state index in [0.717, 1.165) is 12.1 Å². The number of aryl methyl sites for hydroxylation is 1. The van der Waals surface area contributed by atoms with Crippen molar-refractivity contribution in [3.05, 3.63) is 23.8 Å². The summed E-state index contributed by atoms with van der Waals surface area (Å²) in [5, 5.41) is 0. The van der Waals surface area contributed by atoms with Crippen molar-refractivity contribution < 1.29 is 0 Å². The molecule has 0 saturated heterocycles. The molecule has 0 unspecified atom stereocenters. The monoisotopic (exact) mass is 231 g/mol. The summed E-state index contributed by atoms with van der Waals surface area (Å²) in [5.74, 6) is 1.32. The van der Waals surface area contributed by atoms with Crippen molar-refractivity contribution in [1.82, 2.24) is 9.55 Å². The zero-order valence-electron chi connectivity index (χ0n) is 10.9. The van der Waals surface area contributed by atoms with Gasteiger partial charge in [-0.25, -0.2) is 4.98 Å². The lowest BCUT2D eigenvalue weighted by Crippen LogP contribution is -2.12. The van der Waals surface area contributed by atoms with Gasteiger partial charge in [0.2, 0.25) is 5.95 Å². The van der Waals surface area contributed by atoms with Crippen LogP contribution in [-0.4, -0.2) is 9.55 Å². The second kappa shape index (κ2) is 4.78. The maximum absolute atomic E-state index is 6.03. The molecule has 0 saturated carbocycles. The van der Waals surface area contributed by atoms with Crippen molar-refractivity contribution >= 4 is 17.0 Å².